The molecule has 1 fully saturated rings. The first-order chi connectivity index (χ1) is 15.0. The summed E-state index contributed by atoms with van der Waals surface area (Å²) in [5.74, 6) is -0.0187. The van der Waals surface area contributed by atoms with Gasteiger partial charge in [0.2, 0.25) is 0 Å². The van der Waals surface area contributed by atoms with Gasteiger partial charge >= 0.3 is 0 Å². The average molecular weight is 417 g/mol. The molecule has 1 aliphatic heterocycles. The summed E-state index contributed by atoms with van der Waals surface area (Å²) in [6, 6.07) is 22.9. The molecular formula is C26H32N4O. The number of nitrogens with one attached hydrogen (secondary N) is 1. The van der Waals surface area contributed by atoms with Crippen LogP contribution < -0.4 is 10.2 Å². The van der Waals surface area contributed by atoms with Crippen molar-refractivity contribution >= 4 is 22.4 Å². The van der Waals surface area contributed by atoms with E-state index < -0.39 is 0 Å². The molecule has 0 radical (unpaired) electrons. The molecule has 1 aliphatic rings. The topological polar surface area (TPSA) is 38.8 Å². The molecule has 0 saturated carbocycles. The van der Waals surface area contributed by atoms with Gasteiger partial charge < -0.3 is 15.1 Å². The van der Waals surface area contributed by atoms with Crippen LogP contribution in [0.3, 0.4) is 0 Å². The van der Waals surface area contributed by atoms with Gasteiger partial charge in [-0.2, -0.15) is 0 Å². The first kappa shape index (κ1) is 21.3. The predicted molar refractivity (Wildman–Crippen MR) is 129 cm³/mol. The maximum absolute atomic E-state index is 13.0. The highest BCUT2D eigenvalue weighted by Gasteiger charge is 2.24. The third kappa shape index (κ3) is 5.06. The Morgan fingerprint density at radius 1 is 0.935 bits per heavy atom. The molecule has 0 bridgehead atoms. The summed E-state index contributed by atoms with van der Waals surface area (Å²) >= 11 is 0. The molecule has 5 heteroatoms. The second-order valence-electron chi connectivity index (χ2n) is 8.61. The molecule has 1 atom stereocenters. The van der Waals surface area contributed by atoms with Crippen molar-refractivity contribution in [3.63, 3.8) is 0 Å². The number of hydrogen-bond acceptors (Lipinski definition) is 4. The maximum Gasteiger partial charge on any atom is 0.251 e. The molecule has 162 valence electrons. The van der Waals surface area contributed by atoms with E-state index in [0.29, 0.717) is 12.1 Å². The van der Waals surface area contributed by atoms with E-state index in [-0.39, 0.29) is 11.9 Å². The number of amides is 1. The van der Waals surface area contributed by atoms with Crippen LogP contribution in [-0.4, -0.2) is 69.6 Å². The van der Waals surface area contributed by atoms with Gasteiger partial charge in [0.1, 0.15) is 0 Å². The van der Waals surface area contributed by atoms with Gasteiger partial charge in [0.25, 0.3) is 5.91 Å². The van der Waals surface area contributed by atoms with E-state index >= 15 is 0 Å². The highest BCUT2D eigenvalue weighted by atomic mass is 16.1. The average Bonchev–Trinajstić information content (AvgIpc) is 2.80. The lowest BCUT2D eigenvalue weighted by Gasteiger charge is -2.38. The molecular weight excluding hydrogens is 384 g/mol. The normalized spacial score (nSPS) is 16.2. The van der Waals surface area contributed by atoms with Gasteiger partial charge in [-0.05, 0) is 47.6 Å². The Hall–Kier alpha value is -2.89. The quantitative estimate of drug-likeness (QED) is 0.666. The van der Waals surface area contributed by atoms with Crippen molar-refractivity contribution in [2.75, 3.05) is 58.8 Å². The predicted octanol–water partition coefficient (Wildman–Crippen LogP) is 3.62. The minimum Gasteiger partial charge on any atom is -0.378 e. The number of piperazine rings is 1. The zero-order valence-electron chi connectivity index (χ0n) is 18.7. The fraction of sp³-hybridized carbons (Fsp3) is 0.346. The summed E-state index contributed by atoms with van der Waals surface area (Å²) in [4.78, 5) is 19.9. The zero-order chi connectivity index (χ0) is 21.8. The summed E-state index contributed by atoms with van der Waals surface area (Å²) in [6.07, 6.45) is 0. The maximum atomic E-state index is 13.0. The van der Waals surface area contributed by atoms with E-state index in [1.807, 2.05) is 36.4 Å². The largest absolute Gasteiger partial charge is 0.378 e. The molecule has 0 aromatic heterocycles. The Morgan fingerprint density at radius 3 is 2.29 bits per heavy atom. The van der Waals surface area contributed by atoms with Gasteiger partial charge in [-0.3, -0.25) is 9.69 Å². The Bertz CT molecular complexity index is 1020. The molecule has 1 N–H and O–H groups in total. The van der Waals surface area contributed by atoms with Gasteiger partial charge in [0.05, 0.1) is 6.04 Å². The number of anilines is 1. The number of fused-ring (bicyclic) bond motifs is 1. The number of nitrogens with zero attached hydrogens (tertiary/aromatic N) is 3. The minimum atomic E-state index is -0.0187. The number of carbonyl (C=O) groups is 1. The third-order valence-corrected chi connectivity index (χ3v) is 6.24. The van der Waals surface area contributed by atoms with E-state index in [0.717, 1.165) is 37.0 Å². The van der Waals surface area contributed by atoms with Crippen molar-refractivity contribution < 1.29 is 4.79 Å². The van der Waals surface area contributed by atoms with Gasteiger partial charge in [-0.1, -0.05) is 42.5 Å². The smallest absolute Gasteiger partial charge is 0.251 e. The number of carbonyl (C=O) groups excluding carboxylic acids is 1. The summed E-state index contributed by atoms with van der Waals surface area (Å²) in [5, 5.41) is 5.44. The van der Waals surface area contributed by atoms with E-state index in [2.05, 4.69) is 71.5 Å². The van der Waals surface area contributed by atoms with Crippen LogP contribution in [-0.2, 0) is 0 Å². The molecule has 0 aliphatic carbocycles. The lowest BCUT2D eigenvalue weighted by atomic mass is 10.0. The molecule has 0 unspecified atom stereocenters. The third-order valence-electron chi connectivity index (χ3n) is 6.24. The molecule has 3 aromatic rings. The van der Waals surface area contributed by atoms with Crippen LogP contribution >= 0.6 is 0 Å². The molecule has 5 nitrogen and oxygen atoms in total. The van der Waals surface area contributed by atoms with Crippen LogP contribution in [0, 0.1) is 0 Å². The Labute approximate surface area is 185 Å². The first-order valence-electron chi connectivity index (χ1n) is 11.0. The van der Waals surface area contributed by atoms with E-state index in [9.17, 15) is 4.79 Å². The van der Waals surface area contributed by atoms with Crippen LogP contribution in [0.5, 0.6) is 0 Å². The Balaban J connectivity index is 1.51. The van der Waals surface area contributed by atoms with Crippen LogP contribution in [0.1, 0.15) is 22.0 Å². The van der Waals surface area contributed by atoms with E-state index in [4.69, 9.17) is 0 Å². The van der Waals surface area contributed by atoms with Crippen molar-refractivity contribution in [3.8, 4) is 0 Å². The molecule has 4 rings (SSSR count). The molecule has 31 heavy (non-hydrogen) atoms. The summed E-state index contributed by atoms with van der Waals surface area (Å²) in [6.45, 7) is 4.69. The lowest BCUT2D eigenvalue weighted by molar-refractivity contribution is 0.0886. The van der Waals surface area contributed by atoms with Crippen molar-refractivity contribution in [3.05, 3.63) is 77.9 Å². The van der Waals surface area contributed by atoms with Gasteiger partial charge in [-0.25, -0.2) is 0 Å². The minimum absolute atomic E-state index is 0.0187. The van der Waals surface area contributed by atoms with Crippen LogP contribution in [0.2, 0.25) is 0 Å². The van der Waals surface area contributed by atoms with Gasteiger partial charge in [-0.15, -0.1) is 0 Å². The van der Waals surface area contributed by atoms with Crippen LogP contribution in [0.15, 0.2) is 66.7 Å². The number of rotatable bonds is 6. The van der Waals surface area contributed by atoms with Gasteiger partial charge in [0.15, 0.2) is 0 Å². The fourth-order valence-electron chi connectivity index (χ4n) is 4.21. The van der Waals surface area contributed by atoms with Crippen molar-refractivity contribution in [1.29, 1.82) is 0 Å². The molecule has 1 saturated heterocycles. The molecule has 0 spiro atoms. The lowest BCUT2D eigenvalue weighted by Crippen LogP contribution is -2.48. The van der Waals surface area contributed by atoms with Gasteiger partial charge in [0, 0.05) is 58.1 Å². The van der Waals surface area contributed by atoms with E-state index in [1.165, 1.54) is 11.3 Å². The van der Waals surface area contributed by atoms with Crippen LogP contribution in [0.25, 0.3) is 10.8 Å². The Morgan fingerprint density at radius 2 is 1.61 bits per heavy atom. The standard InChI is InChI=1S/C26H32N4O/c1-28(2)24-12-10-21(11-13-24)25(30-16-14-29(3)15-17-30)19-27-26(31)23-9-8-20-6-4-5-7-22(20)18-23/h4-13,18,25H,14-17,19H2,1-3H3,(H,27,31)/t25-/m0/s1. The summed E-state index contributed by atoms with van der Waals surface area (Å²) in [7, 11) is 6.27. The number of likely N-dealkylation sites (N-methyl/N-ethyl adjacent to an activating group) is 1. The fourth-order valence-corrected chi connectivity index (χ4v) is 4.21. The number of benzene rings is 3. The second kappa shape index (κ2) is 9.50. The van der Waals surface area contributed by atoms with E-state index in [1.54, 1.807) is 0 Å². The van der Waals surface area contributed by atoms with Crippen molar-refractivity contribution in [1.82, 2.24) is 15.1 Å². The highest BCUT2D eigenvalue weighted by molar-refractivity contribution is 5.98. The first-order valence-corrected chi connectivity index (χ1v) is 11.0. The van der Waals surface area contributed by atoms with Crippen molar-refractivity contribution in [2.45, 2.75) is 6.04 Å². The second-order valence-corrected chi connectivity index (χ2v) is 8.61. The molecule has 3 aromatic carbocycles. The monoisotopic (exact) mass is 416 g/mol. The summed E-state index contributed by atoms with van der Waals surface area (Å²) in [5.41, 5.74) is 3.13. The number of hydrogen-bond donors (Lipinski definition) is 1. The SMILES string of the molecule is CN1CCN([C@@H](CNC(=O)c2ccc3ccccc3c2)c2ccc(N(C)C)cc2)CC1. The summed E-state index contributed by atoms with van der Waals surface area (Å²) < 4.78 is 0. The molecule has 1 amide bonds. The Kier molecular flexibility index (Phi) is 6.54. The van der Waals surface area contributed by atoms with Crippen LogP contribution in [0.4, 0.5) is 5.69 Å². The zero-order valence-corrected chi connectivity index (χ0v) is 18.7. The molecule has 1 heterocycles. The highest BCUT2D eigenvalue weighted by Crippen LogP contribution is 2.24. The van der Waals surface area contributed by atoms with Crippen molar-refractivity contribution in [2.24, 2.45) is 0 Å².